The fourth-order valence-electron chi connectivity index (χ4n) is 0.947. The molecule has 0 saturated carbocycles. The maximum atomic E-state index is 3.85. The molecule has 0 amide bonds. The summed E-state index contributed by atoms with van der Waals surface area (Å²) >= 11 is 3.36. The van der Waals surface area contributed by atoms with Gasteiger partial charge in [0.25, 0.3) is 0 Å². The number of halogens is 1. The molecule has 2 aromatic rings. The van der Waals surface area contributed by atoms with E-state index in [0.717, 1.165) is 10.0 Å². The third-order valence-electron chi connectivity index (χ3n) is 1.49. The molecular weight excluding hydrogens is 232 g/mol. The van der Waals surface area contributed by atoms with Crippen LogP contribution in [0.1, 0.15) is 0 Å². The largest absolute Gasteiger partial charge is 0.203 e. The lowest BCUT2D eigenvalue weighted by atomic mass is 10.2. The van der Waals surface area contributed by atoms with Crippen molar-refractivity contribution in [3.05, 3.63) is 35.1 Å². The summed E-state index contributed by atoms with van der Waals surface area (Å²) in [5.74, 6) is 0.531. The molecule has 0 N–H and O–H groups in total. The first-order valence-corrected chi connectivity index (χ1v) is 4.42. The smallest absolute Gasteiger partial charge is 0.135 e. The molecule has 0 bridgehead atoms. The van der Waals surface area contributed by atoms with E-state index in [1.54, 1.807) is 0 Å². The maximum Gasteiger partial charge on any atom is 0.203 e. The van der Waals surface area contributed by atoms with E-state index in [1.165, 1.54) is 6.33 Å². The minimum atomic E-state index is 0.531. The van der Waals surface area contributed by atoms with Crippen LogP contribution in [-0.2, 0) is 0 Å². The van der Waals surface area contributed by atoms with Crippen LogP contribution in [0.25, 0.3) is 11.4 Å². The van der Waals surface area contributed by atoms with Crippen LogP contribution in [0, 0.1) is 0 Å². The van der Waals surface area contributed by atoms with Crippen LogP contribution >= 0.6 is 15.9 Å². The quantitative estimate of drug-likeness (QED) is 0.757. The van der Waals surface area contributed by atoms with Gasteiger partial charge in [0.05, 0.1) is 0 Å². The Morgan fingerprint density at radius 2 is 1.85 bits per heavy atom. The molecule has 13 heavy (non-hydrogen) atoms. The number of nitrogens with zero attached hydrogens (tertiary/aromatic N) is 4. The summed E-state index contributed by atoms with van der Waals surface area (Å²) in [5.41, 5.74) is 0.898. The Balaban J connectivity index is 2.48. The van der Waals surface area contributed by atoms with E-state index in [0.29, 0.717) is 5.82 Å². The van der Waals surface area contributed by atoms with E-state index < -0.39 is 0 Å². The normalized spacial score (nSPS) is 9.92. The Morgan fingerprint density at radius 3 is 2.54 bits per heavy atom. The number of hydrogen-bond donors (Lipinski definition) is 0. The summed E-state index contributed by atoms with van der Waals surface area (Å²) < 4.78 is 0.984. The lowest BCUT2D eigenvalue weighted by molar-refractivity contribution is 0.864. The summed E-state index contributed by atoms with van der Waals surface area (Å²) in [6.07, 6.45) is 1.31. The molecule has 0 radical (unpaired) electrons. The van der Waals surface area contributed by atoms with Gasteiger partial charge < -0.3 is 0 Å². The predicted octanol–water partition coefficient (Wildman–Crippen LogP) is 1.70. The van der Waals surface area contributed by atoms with Gasteiger partial charge in [-0.3, -0.25) is 0 Å². The average Bonchev–Trinajstić information content (AvgIpc) is 2.19. The highest BCUT2D eigenvalue weighted by Gasteiger charge is 2.00. The number of rotatable bonds is 1. The Hall–Kier alpha value is -1.36. The van der Waals surface area contributed by atoms with Crippen LogP contribution in [0.2, 0.25) is 0 Å². The van der Waals surface area contributed by atoms with E-state index in [9.17, 15) is 0 Å². The molecule has 5 heteroatoms. The van der Waals surface area contributed by atoms with Gasteiger partial charge in [-0.1, -0.05) is 28.1 Å². The van der Waals surface area contributed by atoms with Gasteiger partial charge in [-0.2, -0.15) is 0 Å². The van der Waals surface area contributed by atoms with Gasteiger partial charge in [0.2, 0.25) is 5.82 Å². The molecule has 0 unspecified atom stereocenters. The third kappa shape index (κ3) is 1.86. The second kappa shape index (κ2) is 3.57. The lowest BCUT2D eigenvalue weighted by Crippen LogP contribution is -1.93. The average molecular weight is 237 g/mol. The van der Waals surface area contributed by atoms with Crippen molar-refractivity contribution in [3.8, 4) is 11.4 Å². The predicted molar refractivity (Wildman–Crippen MR) is 50.8 cm³/mol. The molecule has 1 heterocycles. The van der Waals surface area contributed by atoms with Crippen molar-refractivity contribution in [2.24, 2.45) is 0 Å². The Bertz CT molecular complexity index is 404. The van der Waals surface area contributed by atoms with Crippen LogP contribution in [0.15, 0.2) is 35.1 Å². The van der Waals surface area contributed by atoms with Gasteiger partial charge >= 0.3 is 0 Å². The van der Waals surface area contributed by atoms with Crippen LogP contribution in [0.4, 0.5) is 0 Å². The molecule has 0 saturated heterocycles. The topological polar surface area (TPSA) is 51.6 Å². The zero-order valence-corrected chi connectivity index (χ0v) is 8.14. The first-order chi connectivity index (χ1) is 6.36. The maximum absolute atomic E-state index is 3.85. The van der Waals surface area contributed by atoms with Crippen molar-refractivity contribution >= 4 is 15.9 Å². The summed E-state index contributed by atoms with van der Waals surface area (Å²) in [5, 5.41) is 15.0. The van der Waals surface area contributed by atoms with Gasteiger partial charge in [-0.15, -0.1) is 20.4 Å². The van der Waals surface area contributed by atoms with Gasteiger partial charge in [0.1, 0.15) is 0 Å². The lowest BCUT2D eigenvalue weighted by Gasteiger charge is -1.96. The number of hydrogen-bond acceptors (Lipinski definition) is 4. The molecular formula is C8H5BrN4. The molecule has 1 aromatic heterocycles. The molecule has 2 rings (SSSR count). The fourth-order valence-corrected chi connectivity index (χ4v) is 1.35. The van der Waals surface area contributed by atoms with Gasteiger partial charge in [0.15, 0.2) is 6.33 Å². The third-order valence-corrected chi connectivity index (χ3v) is 1.98. The van der Waals surface area contributed by atoms with Crippen LogP contribution < -0.4 is 0 Å². The minimum absolute atomic E-state index is 0.531. The van der Waals surface area contributed by atoms with Crippen LogP contribution in [-0.4, -0.2) is 20.4 Å². The standard InChI is InChI=1S/C8H5BrN4/c9-7-3-1-2-6(4-7)8-12-10-5-11-13-8/h1-5H. The van der Waals surface area contributed by atoms with Crippen molar-refractivity contribution in [3.63, 3.8) is 0 Å². The highest BCUT2D eigenvalue weighted by molar-refractivity contribution is 9.10. The molecule has 0 aliphatic heterocycles. The highest BCUT2D eigenvalue weighted by Crippen LogP contribution is 2.17. The van der Waals surface area contributed by atoms with Crippen LogP contribution in [0.3, 0.4) is 0 Å². The van der Waals surface area contributed by atoms with E-state index in [2.05, 4.69) is 36.3 Å². The minimum Gasteiger partial charge on any atom is -0.135 e. The Labute approximate surface area is 83.2 Å². The van der Waals surface area contributed by atoms with Crippen LogP contribution in [0.5, 0.6) is 0 Å². The second-order valence-corrected chi connectivity index (χ2v) is 3.30. The molecule has 0 spiro atoms. The fraction of sp³-hybridized carbons (Fsp3) is 0. The molecule has 0 aliphatic carbocycles. The summed E-state index contributed by atoms with van der Waals surface area (Å²) in [6.45, 7) is 0. The monoisotopic (exact) mass is 236 g/mol. The van der Waals surface area contributed by atoms with Crippen molar-refractivity contribution in [1.82, 2.24) is 20.4 Å². The molecule has 0 fully saturated rings. The molecule has 64 valence electrons. The summed E-state index contributed by atoms with van der Waals surface area (Å²) in [6, 6.07) is 7.67. The van der Waals surface area contributed by atoms with Crippen molar-refractivity contribution in [2.75, 3.05) is 0 Å². The summed E-state index contributed by atoms with van der Waals surface area (Å²) in [7, 11) is 0. The highest BCUT2D eigenvalue weighted by atomic mass is 79.9. The Kier molecular flexibility index (Phi) is 2.27. The molecule has 0 atom stereocenters. The SMILES string of the molecule is Brc1cccc(-c2nncnn2)c1. The van der Waals surface area contributed by atoms with Crippen molar-refractivity contribution < 1.29 is 0 Å². The Morgan fingerprint density at radius 1 is 1.08 bits per heavy atom. The van der Waals surface area contributed by atoms with Gasteiger partial charge in [-0.05, 0) is 12.1 Å². The first-order valence-electron chi connectivity index (χ1n) is 3.62. The van der Waals surface area contributed by atoms with Crippen molar-refractivity contribution in [2.45, 2.75) is 0 Å². The van der Waals surface area contributed by atoms with Gasteiger partial charge in [0, 0.05) is 10.0 Å². The molecule has 4 nitrogen and oxygen atoms in total. The number of benzene rings is 1. The molecule has 0 aliphatic rings. The second-order valence-electron chi connectivity index (χ2n) is 2.38. The van der Waals surface area contributed by atoms with E-state index in [-0.39, 0.29) is 0 Å². The van der Waals surface area contributed by atoms with Crippen molar-refractivity contribution in [1.29, 1.82) is 0 Å². The zero-order chi connectivity index (χ0) is 9.10. The number of aromatic nitrogens is 4. The zero-order valence-electron chi connectivity index (χ0n) is 6.55. The molecule has 1 aromatic carbocycles. The van der Waals surface area contributed by atoms with Gasteiger partial charge in [-0.25, -0.2) is 0 Å². The van der Waals surface area contributed by atoms with E-state index in [1.807, 2.05) is 24.3 Å². The van der Waals surface area contributed by atoms with E-state index in [4.69, 9.17) is 0 Å². The van der Waals surface area contributed by atoms with E-state index >= 15 is 0 Å². The summed E-state index contributed by atoms with van der Waals surface area (Å²) in [4.78, 5) is 0. The first kappa shape index (κ1) is 8.25.